The van der Waals surface area contributed by atoms with Gasteiger partial charge in [0.1, 0.15) is 5.75 Å². The number of nitrogens with zero attached hydrogens (tertiary/aromatic N) is 1. The maximum atomic E-state index is 12.1. The average molecular weight is 459 g/mol. The second-order valence-corrected chi connectivity index (χ2v) is 7.98. The molecule has 0 unspecified atom stereocenters. The number of benzene rings is 2. The van der Waals surface area contributed by atoms with Gasteiger partial charge in [0, 0.05) is 29.1 Å². The lowest BCUT2D eigenvalue weighted by Gasteiger charge is -2.06. The summed E-state index contributed by atoms with van der Waals surface area (Å²) in [4.78, 5) is 28.5. The van der Waals surface area contributed by atoms with E-state index in [2.05, 4.69) is 20.9 Å². The van der Waals surface area contributed by atoms with Gasteiger partial charge in [-0.05, 0) is 48.7 Å². The van der Waals surface area contributed by atoms with E-state index in [1.54, 1.807) is 31.4 Å². The van der Waals surface area contributed by atoms with Crippen molar-refractivity contribution >= 4 is 45.7 Å². The summed E-state index contributed by atoms with van der Waals surface area (Å²) in [7, 11) is 1.63. The lowest BCUT2D eigenvalue weighted by atomic mass is 10.1. The normalized spacial score (nSPS) is 10.4. The van der Waals surface area contributed by atoms with Crippen LogP contribution in [0.5, 0.6) is 5.75 Å². The number of nitrogens with one attached hydrogen (secondary N) is 3. The van der Waals surface area contributed by atoms with Crippen molar-refractivity contribution < 1.29 is 14.3 Å². The molecule has 0 radical (unpaired) electrons. The monoisotopic (exact) mass is 458 g/mol. The molecule has 162 valence electrons. The molecular weight excluding hydrogens is 436 g/mol. The lowest BCUT2D eigenvalue weighted by molar-refractivity contribution is -0.121. The molecule has 3 N–H and O–H groups in total. The van der Waals surface area contributed by atoms with Crippen molar-refractivity contribution in [2.24, 2.45) is 0 Å². The van der Waals surface area contributed by atoms with Crippen LogP contribution in [0.1, 0.15) is 17.7 Å². The summed E-state index contributed by atoms with van der Waals surface area (Å²) in [6.07, 6.45) is 1.59. The first kappa shape index (κ1) is 22.6. The minimum atomic E-state index is -0.403. The first-order valence-electron chi connectivity index (χ1n) is 9.69. The van der Waals surface area contributed by atoms with Crippen LogP contribution in [0.4, 0.5) is 15.6 Å². The number of amides is 3. The van der Waals surface area contributed by atoms with Gasteiger partial charge in [0.05, 0.1) is 12.8 Å². The Kier molecular flexibility index (Phi) is 8.26. The standard InChI is InChI=1S/C22H23ClN4O3S/c1-30-19-8-5-15(6-9-19)11-12-24-20(28)10-7-18-14-31-22(26-18)27-21(29)25-17-4-2-3-16(23)13-17/h2-6,8-9,13-14H,7,10-12H2,1H3,(H,24,28)(H2,25,26,27,29). The molecule has 0 spiro atoms. The second-order valence-electron chi connectivity index (χ2n) is 6.68. The quantitative estimate of drug-likeness (QED) is 0.431. The predicted octanol–water partition coefficient (Wildman–Crippen LogP) is 4.74. The van der Waals surface area contributed by atoms with Crippen molar-refractivity contribution in [2.75, 3.05) is 24.3 Å². The van der Waals surface area contributed by atoms with Crippen LogP contribution in [0.15, 0.2) is 53.9 Å². The number of methoxy groups -OCH3 is 1. The van der Waals surface area contributed by atoms with Crippen LogP contribution in [0.2, 0.25) is 5.02 Å². The summed E-state index contributed by atoms with van der Waals surface area (Å²) in [5, 5.41) is 11.1. The Morgan fingerprint density at radius 2 is 1.90 bits per heavy atom. The molecule has 0 saturated carbocycles. The molecule has 0 atom stereocenters. The van der Waals surface area contributed by atoms with Gasteiger partial charge >= 0.3 is 6.03 Å². The van der Waals surface area contributed by atoms with Crippen LogP contribution < -0.4 is 20.7 Å². The molecule has 0 aliphatic rings. The van der Waals surface area contributed by atoms with E-state index in [-0.39, 0.29) is 5.91 Å². The Hall–Kier alpha value is -3.10. The Bertz CT molecular complexity index is 1020. The van der Waals surface area contributed by atoms with Gasteiger partial charge in [-0.3, -0.25) is 10.1 Å². The summed E-state index contributed by atoms with van der Waals surface area (Å²) in [6.45, 7) is 0.568. The molecule has 2 aromatic carbocycles. The number of aryl methyl sites for hydroxylation is 1. The molecule has 0 aliphatic carbocycles. The summed E-state index contributed by atoms with van der Waals surface area (Å²) in [5.74, 6) is 0.779. The molecule has 9 heteroatoms. The molecule has 0 bridgehead atoms. The van der Waals surface area contributed by atoms with E-state index in [9.17, 15) is 9.59 Å². The number of ether oxygens (including phenoxy) is 1. The van der Waals surface area contributed by atoms with Crippen LogP contribution in [-0.4, -0.2) is 30.6 Å². The lowest BCUT2D eigenvalue weighted by Crippen LogP contribution is -2.25. The minimum absolute atomic E-state index is 0.0327. The zero-order valence-electron chi connectivity index (χ0n) is 17.0. The van der Waals surface area contributed by atoms with E-state index in [0.717, 1.165) is 23.4 Å². The number of halogens is 1. The Morgan fingerprint density at radius 3 is 2.65 bits per heavy atom. The smallest absolute Gasteiger partial charge is 0.325 e. The highest BCUT2D eigenvalue weighted by Gasteiger charge is 2.09. The summed E-state index contributed by atoms with van der Waals surface area (Å²) in [6, 6.07) is 14.2. The number of aromatic nitrogens is 1. The fourth-order valence-corrected chi connectivity index (χ4v) is 3.70. The first-order chi connectivity index (χ1) is 15.0. The Balaban J connectivity index is 1.37. The van der Waals surface area contributed by atoms with Crippen molar-refractivity contribution in [3.63, 3.8) is 0 Å². The first-order valence-corrected chi connectivity index (χ1v) is 10.9. The van der Waals surface area contributed by atoms with Gasteiger partial charge in [-0.25, -0.2) is 9.78 Å². The predicted molar refractivity (Wildman–Crippen MR) is 124 cm³/mol. The molecule has 31 heavy (non-hydrogen) atoms. The van der Waals surface area contributed by atoms with Gasteiger partial charge in [0.2, 0.25) is 5.91 Å². The maximum Gasteiger partial charge on any atom is 0.325 e. The van der Waals surface area contributed by atoms with Crippen molar-refractivity contribution in [1.82, 2.24) is 10.3 Å². The van der Waals surface area contributed by atoms with Crippen LogP contribution in [-0.2, 0) is 17.6 Å². The van der Waals surface area contributed by atoms with E-state index >= 15 is 0 Å². The summed E-state index contributed by atoms with van der Waals surface area (Å²) < 4.78 is 5.13. The number of hydrogen-bond donors (Lipinski definition) is 3. The number of thiazole rings is 1. The van der Waals surface area contributed by atoms with Gasteiger partial charge in [-0.15, -0.1) is 11.3 Å². The minimum Gasteiger partial charge on any atom is -0.497 e. The third kappa shape index (κ3) is 7.58. The Morgan fingerprint density at radius 1 is 1.10 bits per heavy atom. The molecule has 1 aromatic heterocycles. The molecular formula is C22H23ClN4O3S. The van der Waals surface area contributed by atoms with Crippen molar-refractivity contribution in [2.45, 2.75) is 19.3 Å². The zero-order valence-corrected chi connectivity index (χ0v) is 18.6. The van der Waals surface area contributed by atoms with Crippen molar-refractivity contribution in [3.8, 4) is 5.75 Å². The number of hydrogen-bond acceptors (Lipinski definition) is 5. The van der Waals surface area contributed by atoms with Gasteiger partial charge < -0.3 is 15.4 Å². The van der Waals surface area contributed by atoms with E-state index in [1.807, 2.05) is 29.6 Å². The number of carbonyl (C=O) groups is 2. The highest BCUT2D eigenvalue weighted by molar-refractivity contribution is 7.13. The maximum absolute atomic E-state index is 12.1. The Labute approximate surface area is 189 Å². The van der Waals surface area contributed by atoms with Crippen LogP contribution in [0.3, 0.4) is 0 Å². The fraction of sp³-hybridized carbons (Fsp3) is 0.227. The topological polar surface area (TPSA) is 92.4 Å². The van der Waals surface area contributed by atoms with Crippen LogP contribution in [0, 0.1) is 0 Å². The highest BCUT2D eigenvalue weighted by Crippen LogP contribution is 2.18. The zero-order chi connectivity index (χ0) is 22.1. The molecule has 1 heterocycles. The van der Waals surface area contributed by atoms with Gasteiger partial charge in [0.25, 0.3) is 0 Å². The van der Waals surface area contributed by atoms with E-state index < -0.39 is 6.03 Å². The third-order valence-corrected chi connectivity index (χ3v) is 5.40. The molecule has 3 amide bonds. The van der Waals surface area contributed by atoms with Crippen LogP contribution >= 0.6 is 22.9 Å². The van der Waals surface area contributed by atoms with E-state index in [1.165, 1.54) is 11.3 Å². The molecule has 0 fully saturated rings. The molecule has 0 aliphatic heterocycles. The van der Waals surface area contributed by atoms with E-state index in [0.29, 0.717) is 35.2 Å². The summed E-state index contributed by atoms with van der Waals surface area (Å²) in [5.41, 5.74) is 2.48. The number of carbonyl (C=O) groups excluding carboxylic acids is 2. The van der Waals surface area contributed by atoms with Crippen molar-refractivity contribution in [3.05, 3.63) is 70.2 Å². The van der Waals surface area contributed by atoms with Gasteiger partial charge in [-0.1, -0.05) is 29.8 Å². The number of rotatable bonds is 9. The largest absolute Gasteiger partial charge is 0.497 e. The molecule has 7 nitrogen and oxygen atoms in total. The number of anilines is 2. The van der Waals surface area contributed by atoms with Crippen molar-refractivity contribution in [1.29, 1.82) is 0 Å². The van der Waals surface area contributed by atoms with E-state index in [4.69, 9.17) is 16.3 Å². The average Bonchev–Trinajstić information content (AvgIpc) is 3.20. The fourth-order valence-electron chi connectivity index (χ4n) is 2.77. The second kappa shape index (κ2) is 11.3. The third-order valence-electron chi connectivity index (χ3n) is 4.36. The van der Waals surface area contributed by atoms with Gasteiger partial charge in [-0.2, -0.15) is 0 Å². The number of urea groups is 1. The van der Waals surface area contributed by atoms with Crippen LogP contribution in [0.25, 0.3) is 0 Å². The highest BCUT2D eigenvalue weighted by atomic mass is 35.5. The summed E-state index contributed by atoms with van der Waals surface area (Å²) >= 11 is 7.22. The molecule has 3 aromatic rings. The van der Waals surface area contributed by atoms with Gasteiger partial charge in [0.15, 0.2) is 5.13 Å². The SMILES string of the molecule is COc1ccc(CCNC(=O)CCc2csc(NC(=O)Nc3cccc(Cl)c3)n2)cc1. The molecule has 3 rings (SSSR count). The molecule has 0 saturated heterocycles.